The highest BCUT2D eigenvalue weighted by Gasteiger charge is 2.35. The van der Waals surface area contributed by atoms with E-state index in [2.05, 4.69) is 0 Å². The average Bonchev–Trinajstić information content (AvgIpc) is 2.60. The van der Waals surface area contributed by atoms with Crippen molar-refractivity contribution in [3.8, 4) is 5.75 Å². The average molecular weight is 226 g/mol. The number of rotatable bonds is 2. The lowest BCUT2D eigenvalue weighted by Crippen LogP contribution is -2.09. The molecule has 1 aliphatic heterocycles. The summed E-state index contributed by atoms with van der Waals surface area (Å²) in [5.41, 5.74) is 0.201. The smallest absolute Gasteiger partial charge is 0.336 e. The van der Waals surface area contributed by atoms with Gasteiger partial charge < -0.3 is 14.4 Å². The molecule has 5 nitrogen and oxygen atoms in total. The molecule has 0 radical (unpaired) electrons. The molecule has 2 N–H and O–H groups in total. The fourth-order valence-electron chi connectivity index (χ4n) is 1.39. The van der Waals surface area contributed by atoms with Crippen molar-refractivity contribution in [1.29, 1.82) is 0 Å². The molecule has 0 aromatic heterocycles. The molecular weight excluding hydrogens is 220 g/mol. The Kier molecular flexibility index (Phi) is 2.28. The normalized spacial score (nSPS) is 18.0. The summed E-state index contributed by atoms with van der Waals surface area (Å²) in [5, 5.41) is 16.8. The molecule has 0 saturated heterocycles. The van der Waals surface area contributed by atoms with Crippen LogP contribution >= 0.6 is 12.0 Å². The van der Waals surface area contributed by atoms with Gasteiger partial charge >= 0.3 is 11.9 Å². The van der Waals surface area contributed by atoms with E-state index >= 15 is 0 Å². The summed E-state index contributed by atoms with van der Waals surface area (Å²) in [4.78, 5) is 21.7. The van der Waals surface area contributed by atoms with Crippen molar-refractivity contribution in [2.24, 2.45) is 0 Å². The summed E-state index contributed by atoms with van der Waals surface area (Å²) in [5.74, 6) is -1.94. The molecule has 2 rings (SSSR count). The fourth-order valence-corrected chi connectivity index (χ4v) is 2.15. The van der Waals surface area contributed by atoms with E-state index in [1.54, 1.807) is 6.07 Å². The Labute approximate surface area is 88.9 Å². The second kappa shape index (κ2) is 3.47. The summed E-state index contributed by atoms with van der Waals surface area (Å²) in [6.45, 7) is 0. The molecule has 0 amide bonds. The molecule has 1 atom stereocenters. The Hall–Kier alpha value is -1.69. The van der Waals surface area contributed by atoms with Crippen molar-refractivity contribution in [3.63, 3.8) is 0 Å². The predicted molar refractivity (Wildman–Crippen MR) is 52.0 cm³/mol. The minimum absolute atomic E-state index is 0.0232. The van der Waals surface area contributed by atoms with Gasteiger partial charge in [-0.05, 0) is 12.1 Å². The number of carboxylic acid groups (broad SMARTS) is 2. The lowest BCUT2D eigenvalue weighted by molar-refractivity contribution is -0.136. The molecule has 6 heteroatoms. The van der Waals surface area contributed by atoms with Crippen LogP contribution in [0.4, 0.5) is 0 Å². The van der Waals surface area contributed by atoms with Crippen LogP contribution in [-0.4, -0.2) is 22.2 Å². The van der Waals surface area contributed by atoms with Crippen LogP contribution in [0.5, 0.6) is 5.75 Å². The standard InChI is InChI=1S/C9H6O5S/c10-8(11)4-2-1-3-5-6(4)7(9(12)13)15-14-5/h1-3,7H,(H,10,11)(H,12,13). The number of hydrogen-bond donors (Lipinski definition) is 2. The van der Waals surface area contributed by atoms with Crippen molar-refractivity contribution >= 4 is 24.0 Å². The predicted octanol–water partition coefficient (Wildman–Crippen LogP) is 1.55. The number of benzene rings is 1. The zero-order valence-electron chi connectivity index (χ0n) is 7.34. The zero-order valence-corrected chi connectivity index (χ0v) is 8.15. The van der Waals surface area contributed by atoms with Crippen LogP contribution in [0.2, 0.25) is 0 Å². The van der Waals surface area contributed by atoms with Crippen LogP contribution in [0.15, 0.2) is 18.2 Å². The molecule has 1 aliphatic rings. The maximum atomic E-state index is 10.9. The second-order valence-electron chi connectivity index (χ2n) is 2.92. The summed E-state index contributed by atoms with van der Waals surface area (Å²) in [6.07, 6.45) is 0. The Bertz CT molecular complexity index is 442. The lowest BCUT2D eigenvalue weighted by Gasteiger charge is -2.04. The van der Waals surface area contributed by atoms with Crippen molar-refractivity contribution in [2.45, 2.75) is 5.25 Å². The van der Waals surface area contributed by atoms with Gasteiger partial charge in [0, 0.05) is 5.56 Å². The molecular formula is C9H6O5S. The highest BCUT2D eigenvalue weighted by Crippen LogP contribution is 2.45. The number of carboxylic acids is 2. The highest BCUT2D eigenvalue weighted by molar-refractivity contribution is 7.96. The monoisotopic (exact) mass is 226 g/mol. The number of hydrogen-bond acceptors (Lipinski definition) is 4. The van der Waals surface area contributed by atoms with E-state index < -0.39 is 17.2 Å². The van der Waals surface area contributed by atoms with Gasteiger partial charge in [-0.1, -0.05) is 6.07 Å². The maximum absolute atomic E-state index is 10.9. The first-order valence-corrected chi connectivity index (χ1v) is 4.84. The zero-order chi connectivity index (χ0) is 11.0. The molecule has 15 heavy (non-hydrogen) atoms. The largest absolute Gasteiger partial charge is 0.480 e. The van der Waals surface area contributed by atoms with Gasteiger partial charge in [0.05, 0.1) is 17.6 Å². The Morgan fingerprint density at radius 2 is 2.07 bits per heavy atom. The molecule has 0 aliphatic carbocycles. The van der Waals surface area contributed by atoms with E-state index in [1.165, 1.54) is 12.1 Å². The van der Waals surface area contributed by atoms with Crippen LogP contribution in [0, 0.1) is 0 Å². The van der Waals surface area contributed by atoms with Crippen molar-refractivity contribution < 1.29 is 24.0 Å². The first kappa shape index (κ1) is 9.85. The molecule has 78 valence electrons. The molecule has 1 heterocycles. The third-order valence-corrected chi connectivity index (χ3v) is 2.92. The number of carbonyl (C=O) groups is 2. The first-order chi connectivity index (χ1) is 7.11. The molecule has 1 aromatic rings. The maximum Gasteiger partial charge on any atom is 0.336 e. The molecule has 0 bridgehead atoms. The third kappa shape index (κ3) is 1.52. The SMILES string of the molecule is O=C(O)c1cccc2c1C(C(=O)O)SO2. The van der Waals surface area contributed by atoms with E-state index in [-0.39, 0.29) is 11.1 Å². The van der Waals surface area contributed by atoms with Crippen LogP contribution < -0.4 is 4.18 Å². The van der Waals surface area contributed by atoms with Gasteiger partial charge in [0.25, 0.3) is 0 Å². The second-order valence-corrected chi connectivity index (χ2v) is 3.75. The van der Waals surface area contributed by atoms with E-state index in [4.69, 9.17) is 14.4 Å². The van der Waals surface area contributed by atoms with Gasteiger partial charge in [-0.3, -0.25) is 4.79 Å². The summed E-state index contributed by atoms with van der Waals surface area (Å²) < 4.78 is 5.04. The Morgan fingerprint density at radius 1 is 1.33 bits per heavy atom. The van der Waals surface area contributed by atoms with Gasteiger partial charge in [0.2, 0.25) is 0 Å². The van der Waals surface area contributed by atoms with Gasteiger partial charge in [0.15, 0.2) is 5.25 Å². The van der Waals surface area contributed by atoms with E-state index in [0.717, 1.165) is 12.0 Å². The molecule has 0 fully saturated rings. The lowest BCUT2D eigenvalue weighted by atomic mass is 10.0. The van der Waals surface area contributed by atoms with Gasteiger partial charge in [-0.2, -0.15) is 0 Å². The molecule has 1 aromatic carbocycles. The Morgan fingerprint density at radius 3 is 2.67 bits per heavy atom. The summed E-state index contributed by atoms with van der Waals surface area (Å²) in [7, 11) is 0. The first-order valence-electron chi connectivity index (χ1n) is 4.03. The molecule has 0 spiro atoms. The van der Waals surface area contributed by atoms with Crippen LogP contribution in [0.25, 0.3) is 0 Å². The minimum atomic E-state index is -1.15. The number of fused-ring (bicyclic) bond motifs is 1. The highest BCUT2D eigenvalue weighted by atomic mass is 32.2. The quantitative estimate of drug-likeness (QED) is 0.744. The topological polar surface area (TPSA) is 83.8 Å². The molecule has 0 saturated carbocycles. The Balaban J connectivity index is 2.58. The van der Waals surface area contributed by atoms with Crippen molar-refractivity contribution in [3.05, 3.63) is 29.3 Å². The van der Waals surface area contributed by atoms with E-state index in [9.17, 15) is 9.59 Å². The molecule has 1 unspecified atom stereocenters. The van der Waals surface area contributed by atoms with E-state index in [0.29, 0.717) is 5.75 Å². The van der Waals surface area contributed by atoms with Gasteiger partial charge in [-0.15, -0.1) is 0 Å². The van der Waals surface area contributed by atoms with Crippen LogP contribution in [0.3, 0.4) is 0 Å². The fraction of sp³-hybridized carbons (Fsp3) is 0.111. The minimum Gasteiger partial charge on any atom is -0.480 e. The van der Waals surface area contributed by atoms with Crippen LogP contribution in [0.1, 0.15) is 21.2 Å². The van der Waals surface area contributed by atoms with Gasteiger partial charge in [0.1, 0.15) is 5.75 Å². The van der Waals surface area contributed by atoms with Crippen molar-refractivity contribution in [2.75, 3.05) is 0 Å². The number of aromatic carboxylic acids is 1. The van der Waals surface area contributed by atoms with E-state index in [1.807, 2.05) is 0 Å². The van der Waals surface area contributed by atoms with Crippen molar-refractivity contribution in [1.82, 2.24) is 0 Å². The summed E-state index contributed by atoms with van der Waals surface area (Å²) in [6, 6.07) is 4.44. The summed E-state index contributed by atoms with van der Waals surface area (Å²) >= 11 is 0.748. The van der Waals surface area contributed by atoms with Crippen LogP contribution in [-0.2, 0) is 4.79 Å². The third-order valence-electron chi connectivity index (χ3n) is 2.02. The number of aliphatic carboxylic acids is 1. The van der Waals surface area contributed by atoms with Gasteiger partial charge in [-0.25, -0.2) is 4.79 Å².